The summed E-state index contributed by atoms with van der Waals surface area (Å²) in [4.78, 5) is 7.22. The zero-order valence-corrected chi connectivity index (χ0v) is 22.5. The van der Waals surface area contributed by atoms with Crippen LogP contribution >= 0.6 is 24.0 Å². The van der Waals surface area contributed by atoms with E-state index >= 15 is 0 Å². The second kappa shape index (κ2) is 14.1. The Labute approximate surface area is 214 Å². The van der Waals surface area contributed by atoms with E-state index in [-0.39, 0.29) is 24.0 Å². The first-order valence-electron chi connectivity index (χ1n) is 11.3. The molecule has 0 fully saturated rings. The lowest BCUT2D eigenvalue weighted by Crippen LogP contribution is -2.39. The second-order valence-electron chi connectivity index (χ2n) is 7.75. The average Bonchev–Trinajstić information content (AvgIpc) is 2.83. The third-order valence-electron chi connectivity index (χ3n) is 5.71. The van der Waals surface area contributed by atoms with Crippen molar-refractivity contribution < 1.29 is 14.2 Å². The summed E-state index contributed by atoms with van der Waals surface area (Å²) in [6.45, 7) is 7.30. The number of benzene rings is 2. The summed E-state index contributed by atoms with van der Waals surface area (Å²) in [6, 6.07) is 12.3. The molecule has 1 aliphatic heterocycles. The zero-order valence-electron chi connectivity index (χ0n) is 20.1. The minimum Gasteiger partial charge on any atom is -0.496 e. The molecule has 2 aromatic rings. The van der Waals surface area contributed by atoms with E-state index in [1.807, 2.05) is 18.2 Å². The Bertz CT molecular complexity index is 907. The molecule has 0 aliphatic carbocycles. The highest BCUT2D eigenvalue weighted by Gasteiger charge is 2.19. The first kappa shape index (κ1) is 27.0. The van der Waals surface area contributed by atoms with E-state index in [0.29, 0.717) is 0 Å². The summed E-state index contributed by atoms with van der Waals surface area (Å²) >= 11 is 0. The second-order valence-corrected chi connectivity index (χ2v) is 7.75. The van der Waals surface area contributed by atoms with Crippen LogP contribution in [0.1, 0.15) is 23.6 Å². The van der Waals surface area contributed by atoms with Crippen LogP contribution in [0.4, 0.5) is 0 Å². The number of methoxy groups -OCH3 is 3. The van der Waals surface area contributed by atoms with Crippen molar-refractivity contribution in [2.45, 2.75) is 26.3 Å². The Morgan fingerprint density at radius 2 is 1.67 bits per heavy atom. The molecule has 0 saturated heterocycles. The number of fused-ring (bicyclic) bond motifs is 1. The standard InChI is InChI=1S/C25H36N4O3.HI/c1-5-26-25(27-12-10-19-8-6-7-9-22(19)30-2)28-13-15-29-14-11-20-16-23(31-3)24(32-4)17-21(20)18-29;/h6-9,16-17H,5,10-15,18H2,1-4H3,(H2,26,27,28);1H. The molecule has 0 aromatic heterocycles. The van der Waals surface area contributed by atoms with Crippen molar-refractivity contribution in [1.29, 1.82) is 0 Å². The molecule has 1 heterocycles. The molecule has 1 aliphatic rings. The van der Waals surface area contributed by atoms with E-state index < -0.39 is 0 Å². The van der Waals surface area contributed by atoms with E-state index in [2.05, 4.69) is 40.7 Å². The van der Waals surface area contributed by atoms with Gasteiger partial charge in [0.05, 0.1) is 27.9 Å². The number of ether oxygens (including phenoxy) is 3. The quantitative estimate of drug-likeness (QED) is 0.260. The monoisotopic (exact) mass is 568 g/mol. The van der Waals surface area contributed by atoms with Crippen molar-refractivity contribution in [1.82, 2.24) is 15.5 Å². The molecule has 7 nitrogen and oxygen atoms in total. The maximum atomic E-state index is 5.47. The lowest BCUT2D eigenvalue weighted by Gasteiger charge is -2.29. The van der Waals surface area contributed by atoms with E-state index in [1.54, 1.807) is 21.3 Å². The highest BCUT2D eigenvalue weighted by Crippen LogP contribution is 2.33. The topological polar surface area (TPSA) is 67.4 Å². The van der Waals surface area contributed by atoms with E-state index in [9.17, 15) is 0 Å². The molecule has 2 aromatic carbocycles. The number of hydrogen-bond acceptors (Lipinski definition) is 5. The van der Waals surface area contributed by atoms with Gasteiger partial charge in [-0.1, -0.05) is 18.2 Å². The van der Waals surface area contributed by atoms with Crippen LogP contribution in [0.5, 0.6) is 17.2 Å². The smallest absolute Gasteiger partial charge is 0.191 e. The molecule has 2 N–H and O–H groups in total. The number of rotatable bonds is 10. The van der Waals surface area contributed by atoms with Gasteiger partial charge in [0.25, 0.3) is 0 Å². The number of nitrogens with zero attached hydrogens (tertiary/aromatic N) is 2. The average molecular weight is 569 g/mol. The normalized spacial score (nSPS) is 13.5. The SMILES string of the molecule is CCNC(=NCCN1CCc2cc(OC)c(OC)cc2C1)NCCc1ccccc1OC.I. The van der Waals surface area contributed by atoms with Gasteiger partial charge in [0, 0.05) is 32.7 Å². The van der Waals surface area contributed by atoms with Crippen LogP contribution in [0.25, 0.3) is 0 Å². The number of guanidine groups is 1. The molecule has 3 rings (SSSR count). The van der Waals surface area contributed by atoms with Crippen LogP contribution in [0.2, 0.25) is 0 Å². The molecule has 8 heteroatoms. The maximum absolute atomic E-state index is 5.47. The van der Waals surface area contributed by atoms with E-state index in [1.165, 1.54) is 16.7 Å². The van der Waals surface area contributed by atoms with Gasteiger partial charge in [0.15, 0.2) is 17.5 Å². The van der Waals surface area contributed by atoms with Crippen molar-refractivity contribution in [2.75, 3.05) is 54.1 Å². The predicted molar refractivity (Wildman–Crippen MR) is 145 cm³/mol. The fourth-order valence-electron chi connectivity index (χ4n) is 4.00. The third kappa shape index (κ3) is 7.67. The van der Waals surface area contributed by atoms with Gasteiger partial charge in [0.1, 0.15) is 5.75 Å². The van der Waals surface area contributed by atoms with Gasteiger partial charge >= 0.3 is 0 Å². The Morgan fingerprint density at radius 3 is 2.36 bits per heavy atom. The third-order valence-corrected chi connectivity index (χ3v) is 5.71. The van der Waals surface area contributed by atoms with Gasteiger partial charge in [-0.3, -0.25) is 9.89 Å². The van der Waals surface area contributed by atoms with Gasteiger partial charge in [-0.25, -0.2) is 0 Å². The number of hydrogen-bond donors (Lipinski definition) is 2. The number of aliphatic imine (C=N–C) groups is 1. The van der Waals surface area contributed by atoms with Gasteiger partial charge in [-0.05, 0) is 54.7 Å². The number of para-hydroxylation sites is 1. The first-order valence-corrected chi connectivity index (χ1v) is 11.3. The Balaban J connectivity index is 0.00000385. The van der Waals surface area contributed by atoms with Crippen LogP contribution in [-0.2, 0) is 19.4 Å². The number of halogens is 1. The van der Waals surface area contributed by atoms with Gasteiger partial charge in [-0.15, -0.1) is 24.0 Å². The molecule has 0 unspecified atom stereocenters. The van der Waals surface area contributed by atoms with Crippen LogP contribution in [0, 0.1) is 0 Å². The summed E-state index contributed by atoms with van der Waals surface area (Å²) < 4.78 is 16.4. The molecule has 0 spiro atoms. The van der Waals surface area contributed by atoms with Gasteiger partial charge in [0.2, 0.25) is 0 Å². The molecule has 0 atom stereocenters. The highest BCUT2D eigenvalue weighted by molar-refractivity contribution is 14.0. The summed E-state index contributed by atoms with van der Waals surface area (Å²) in [5.74, 6) is 3.38. The largest absolute Gasteiger partial charge is 0.496 e. The van der Waals surface area contributed by atoms with Crippen molar-refractivity contribution in [3.8, 4) is 17.2 Å². The van der Waals surface area contributed by atoms with Gasteiger partial charge < -0.3 is 24.8 Å². The van der Waals surface area contributed by atoms with E-state index in [0.717, 1.165) is 75.3 Å². The Morgan fingerprint density at radius 1 is 0.970 bits per heavy atom. The van der Waals surface area contributed by atoms with Crippen LogP contribution < -0.4 is 24.8 Å². The molecular formula is C25H37IN4O3. The fraction of sp³-hybridized carbons (Fsp3) is 0.480. The minimum atomic E-state index is 0. The van der Waals surface area contributed by atoms with Crippen molar-refractivity contribution in [3.63, 3.8) is 0 Å². The van der Waals surface area contributed by atoms with E-state index in [4.69, 9.17) is 19.2 Å². The Kier molecular flexibility index (Phi) is 11.6. The summed E-state index contributed by atoms with van der Waals surface area (Å²) in [5, 5.41) is 6.77. The molecule has 0 saturated carbocycles. The fourth-order valence-corrected chi connectivity index (χ4v) is 4.00. The molecule has 0 amide bonds. The Hall–Kier alpha value is -2.20. The summed E-state index contributed by atoms with van der Waals surface area (Å²) in [6.07, 6.45) is 1.89. The van der Waals surface area contributed by atoms with Crippen molar-refractivity contribution >= 4 is 29.9 Å². The van der Waals surface area contributed by atoms with Gasteiger partial charge in [-0.2, -0.15) is 0 Å². The van der Waals surface area contributed by atoms with Crippen LogP contribution in [0.3, 0.4) is 0 Å². The maximum Gasteiger partial charge on any atom is 0.191 e. The highest BCUT2D eigenvalue weighted by atomic mass is 127. The molecular weight excluding hydrogens is 531 g/mol. The number of nitrogens with one attached hydrogen (secondary N) is 2. The van der Waals surface area contributed by atoms with Crippen LogP contribution in [0.15, 0.2) is 41.4 Å². The molecule has 182 valence electrons. The zero-order chi connectivity index (χ0) is 22.8. The van der Waals surface area contributed by atoms with Crippen molar-refractivity contribution in [3.05, 3.63) is 53.1 Å². The molecule has 0 bridgehead atoms. The summed E-state index contributed by atoms with van der Waals surface area (Å²) in [7, 11) is 5.08. The summed E-state index contributed by atoms with van der Waals surface area (Å²) in [5.41, 5.74) is 3.84. The molecule has 33 heavy (non-hydrogen) atoms. The lowest BCUT2D eigenvalue weighted by molar-refractivity contribution is 0.260. The van der Waals surface area contributed by atoms with Crippen LogP contribution in [-0.4, -0.2) is 64.9 Å². The first-order chi connectivity index (χ1) is 15.7. The minimum absolute atomic E-state index is 0. The predicted octanol–water partition coefficient (Wildman–Crippen LogP) is 3.49. The molecule has 0 radical (unpaired) electrons. The lowest BCUT2D eigenvalue weighted by atomic mass is 9.99. The van der Waals surface area contributed by atoms with Crippen molar-refractivity contribution in [2.24, 2.45) is 4.99 Å².